The minimum absolute atomic E-state index is 0.00528. The fourth-order valence-electron chi connectivity index (χ4n) is 1.62. The van der Waals surface area contributed by atoms with Crippen molar-refractivity contribution in [2.24, 2.45) is 0 Å². The Bertz CT molecular complexity index is 509. The molecule has 1 amide bonds. The first kappa shape index (κ1) is 9.97. The summed E-state index contributed by atoms with van der Waals surface area (Å²) in [5.74, 6) is 0. The number of rotatable bonds is 0. The Morgan fingerprint density at radius 3 is 2.67 bits per heavy atom. The van der Waals surface area contributed by atoms with Crippen molar-refractivity contribution in [3.05, 3.63) is 29.8 Å². The van der Waals surface area contributed by atoms with Crippen LogP contribution in [0.15, 0.2) is 29.2 Å². The number of amides is 1. The summed E-state index contributed by atoms with van der Waals surface area (Å²) in [6.07, 6.45) is -0.994. The van der Waals surface area contributed by atoms with Gasteiger partial charge in [0.05, 0.1) is 4.90 Å². The number of fused-ring (bicyclic) bond motifs is 1. The van der Waals surface area contributed by atoms with Gasteiger partial charge in [0.15, 0.2) is 0 Å². The van der Waals surface area contributed by atoms with Gasteiger partial charge in [-0.2, -0.15) is 0 Å². The van der Waals surface area contributed by atoms with Crippen LogP contribution in [0.2, 0.25) is 0 Å². The fraction of sp³-hybridized carbons (Fsp3) is 0.222. The van der Waals surface area contributed by atoms with E-state index >= 15 is 0 Å². The molecule has 0 atom stereocenters. The first-order valence-electron chi connectivity index (χ1n) is 4.37. The molecule has 0 radical (unpaired) electrons. The lowest BCUT2D eigenvalue weighted by Gasteiger charge is -2.25. The predicted molar refractivity (Wildman–Crippen MR) is 52.1 cm³/mol. The van der Waals surface area contributed by atoms with Crippen molar-refractivity contribution >= 4 is 16.1 Å². The van der Waals surface area contributed by atoms with Crippen molar-refractivity contribution in [2.45, 2.75) is 11.3 Å². The molecule has 80 valence electrons. The highest BCUT2D eigenvalue weighted by Crippen LogP contribution is 2.25. The van der Waals surface area contributed by atoms with Crippen LogP contribution in [0, 0.1) is 0 Å². The van der Waals surface area contributed by atoms with Crippen molar-refractivity contribution < 1.29 is 18.3 Å². The van der Waals surface area contributed by atoms with Crippen LogP contribution in [0.25, 0.3) is 0 Å². The van der Waals surface area contributed by atoms with Crippen molar-refractivity contribution in [2.75, 3.05) is 6.54 Å². The minimum atomic E-state index is -3.85. The van der Waals surface area contributed by atoms with Crippen LogP contribution in [-0.2, 0) is 16.4 Å². The first-order chi connectivity index (χ1) is 7.03. The van der Waals surface area contributed by atoms with Crippen molar-refractivity contribution in [1.29, 1.82) is 0 Å². The van der Waals surface area contributed by atoms with Gasteiger partial charge in [0.25, 0.3) is 10.0 Å². The number of hydrogen-bond donors (Lipinski definition) is 1. The van der Waals surface area contributed by atoms with Crippen molar-refractivity contribution in [3.8, 4) is 0 Å². The normalized spacial score (nSPS) is 18.3. The maximum atomic E-state index is 11.8. The van der Waals surface area contributed by atoms with Gasteiger partial charge < -0.3 is 5.11 Å². The molecule has 0 aromatic heterocycles. The first-order valence-corrected chi connectivity index (χ1v) is 5.81. The Kier molecular flexibility index (Phi) is 2.15. The number of benzene rings is 1. The monoisotopic (exact) mass is 227 g/mol. The molecule has 0 saturated carbocycles. The molecule has 0 saturated heterocycles. The molecule has 1 aromatic rings. The molecule has 1 aliphatic heterocycles. The summed E-state index contributed by atoms with van der Waals surface area (Å²) in [6.45, 7) is -0.00528. The standard InChI is InChI=1S/C9H9NO4S/c11-9(12)10-6-5-7-3-1-2-4-8(7)15(10,13)14/h1-4H,5-6H2,(H,11,12). The Balaban J connectivity index is 2.60. The summed E-state index contributed by atoms with van der Waals surface area (Å²) < 4.78 is 24.1. The van der Waals surface area contributed by atoms with E-state index in [4.69, 9.17) is 5.11 Å². The summed E-state index contributed by atoms with van der Waals surface area (Å²) in [6, 6.07) is 6.46. The molecular formula is C9H9NO4S. The summed E-state index contributed by atoms with van der Waals surface area (Å²) in [5.41, 5.74) is 0.676. The van der Waals surface area contributed by atoms with E-state index in [1.807, 2.05) is 0 Å². The van der Waals surface area contributed by atoms with E-state index in [1.165, 1.54) is 6.07 Å². The molecule has 2 rings (SSSR count). The van der Waals surface area contributed by atoms with Gasteiger partial charge in [-0.15, -0.1) is 0 Å². The predicted octanol–water partition coefficient (Wildman–Crippen LogP) is 0.911. The zero-order valence-electron chi connectivity index (χ0n) is 7.75. The summed E-state index contributed by atoms with van der Waals surface area (Å²) >= 11 is 0. The van der Waals surface area contributed by atoms with E-state index in [2.05, 4.69) is 0 Å². The Labute approximate surface area is 87.0 Å². The maximum Gasteiger partial charge on any atom is 0.421 e. The molecule has 1 N–H and O–H groups in total. The van der Waals surface area contributed by atoms with E-state index in [-0.39, 0.29) is 11.4 Å². The van der Waals surface area contributed by atoms with E-state index in [9.17, 15) is 13.2 Å². The molecule has 0 unspecified atom stereocenters. The highest BCUT2D eigenvalue weighted by atomic mass is 32.2. The van der Waals surface area contributed by atoms with E-state index in [0.717, 1.165) is 0 Å². The minimum Gasteiger partial charge on any atom is -0.464 e. The van der Waals surface area contributed by atoms with Gasteiger partial charge >= 0.3 is 6.09 Å². The molecule has 1 aromatic carbocycles. The van der Waals surface area contributed by atoms with Gasteiger partial charge in [-0.05, 0) is 18.1 Å². The van der Waals surface area contributed by atoms with Gasteiger partial charge in [-0.1, -0.05) is 18.2 Å². The van der Waals surface area contributed by atoms with E-state index in [1.54, 1.807) is 18.2 Å². The number of sulfonamides is 1. The summed E-state index contributed by atoms with van der Waals surface area (Å²) in [7, 11) is -3.85. The highest BCUT2D eigenvalue weighted by Gasteiger charge is 2.34. The third kappa shape index (κ3) is 1.46. The molecule has 1 heterocycles. The zero-order valence-corrected chi connectivity index (χ0v) is 8.57. The van der Waals surface area contributed by atoms with Gasteiger partial charge in [0.2, 0.25) is 0 Å². The lowest BCUT2D eigenvalue weighted by molar-refractivity contribution is 0.171. The fourth-order valence-corrected chi connectivity index (χ4v) is 3.15. The van der Waals surface area contributed by atoms with Crippen molar-refractivity contribution in [3.63, 3.8) is 0 Å². The second-order valence-electron chi connectivity index (χ2n) is 3.22. The molecule has 1 aliphatic rings. The average Bonchev–Trinajstić information content (AvgIpc) is 2.17. The van der Waals surface area contributed by atoms with Gasteiger partial charge in [-0.25, -0.2) is 17.5 Å². The van der Waals surface area contributed by atoms with Crippen LogP contribution in [-0.4, -0.2) is 30.5 Å². The van der Waals surface area contributed by atoms with Gasteiger partial charge in [0, 0.05) is 6.54 Å². The molecule has 15 heavy (non-hydrogen) atoms. The van der Waals surface area contributed by atoms with E-state index < -0.39 is 16.1 Å². The van der Waals surface area contributed by atoms with Crippen LogP contribution in [0.4, 0.5) is 4.79 Å². The topological polar surface area (TPSA) is 74.7 Å². The lowest BCUT2D eigenvalue weighted by atomic mass is 10.1. The SMILES string of the molecule is O=C(O)N1CCc2ccccc2S1(=O)=O. The van der Waals surface area contributed by atoms with Crippen LogP contribution in [0.3, 0.4) is 0 Å². The maximum absolute atomic E-state index is 11.8. The molecule has 0 fully saturated rings. The van der Waals surface area contributed by atoms with Gasteiger partial charge in [0.1, 0.15) is 0 Å². The quantitative estimate of drug-likeness (QED) is 0.714. The van der Waals surface area contributed by atoms with Crippen LogP contribution in [0.1, 0.15) is 5.56 Å². The Morgan fingerprint density at radius 2 is 2.00 bits per heavy atom. The molecule has 0 spiro atoms. The molecule has 0 bridgehead atoms. The second kappa shape index (κ2) is 3.23. The highest BCUT2D eigenvalue weighted by molar-refractivity contribution is 7.89. The molecule has 0 aliphatic carbocycles. The van der Waals surface area contributed by atoms with Crippen LogP contribution < -0.4 is 0 Å². The molecule has 6 heteroatoms. The Hall–Kier alpha value is -1.56. The van der Waals surface area contributed by atoms with Crippen molar-refractivity contribution in [1.82, 2.24) is 4.31 Å². The largest absolute Gasteiger partial charge is 0.464 e. The van der Waals surface area contributed by atoms with Crippen LogP contribution >= 0.6 is 0 Å². The lowest BCUT2D eigenvalue weighted by Crippen LogP contribution is -2.40. The number of carbonyl (C=O) groups is 1. The number of nitrogens with zero attached hydrogens (tertiary/aromatic N) is 1. The number of carboxylic acid groups (broad SMARTS) is 1. The van der Waals surface area contributed by atoms with E-state index in [0.29, 0.717) is 16.3 Å². The van der Waals surface area contributed by atoms with Crippen LogP contribution in [0.5, 0.6) is 0 Å². The zero-order chi connectivity index (χ0) is 11.1. The smallest absolute Gasteiger partial charge is 0.421 e. The average molecular weight is 227 g/mol. The third-order valence-electron chi connectivity index (χ3n) is 2.34. The third-order valence-corrected chi connectivity index (χ3v) is 4.21. The second-order valence-corrected chi connectivity index (χ2v) is 5.05. The van der Waals surface area contributed by atoms with Gasteiger partial charge in [-0.3, -0.25) is 0 Å². The summed E-state index contributed by atoms with van der Waals surface area (Å²) in [4.78, 5) is 10.8. The molecular weight excluding hydrogens is 218 g/mol. The summed E-state index contributed by atoms with van der Waals surface area (Å²) in [5, 5.41) is 8.75. The Morgan fingerprint density at radius 1 is 1.33 bits per heavy atom. The molecule has 5 nitrogen and oxygen atoms in total. The number of hydrogen-bond acceptors (Lipinski definition) is 3.